The van der Waals surface area contributed by atoms with Gasteiger partial charge in [-0.1, -0.05) is 6.07 Å². The Hall–Kier alpha value is -4.67. The Bertz CT molecular complexity index is 1420. The third kappa shape index (κ3) is 5.35. The maximum absolute atomic E-state index is 13.0. The van der Waals surface area contributed by atoms with E-state index in [-0.39, 0.29) is 11.7 Å². The Labute approximate surface area is 205 Å². The number of aryl methyl sites for hydroxylation is 1. The van der Waals surface area contributed by atoms with Gasteiger partial charge in [0.05, 0.1) is 13.3 Å². The van der Waals surface area contributed by atoms with Crippen LogP contribution in [0.1, 0.15) is 33.3 Å². The molecule has 4 amide bonds. The third-order valence-corrected chi connectivity index (χ3v) is 5.50. The lowest BCUT2D eigenvalue weighted by Crippen LogP contribution is -2.22. The SMILES string of the molecule is COc1ccc2c(c1)C(=O)N(C)C2.Cc1cn[nH]c1.O=C1NC(=O)C(c2cc3ccc(F)cc3o2)N1. The van der Waals surface area contributed by atoms with Gasteiger partial charge in [0.1, 0.15) is 22.9 Å². The van der Waals surface area contributed by atoms with Crippen LogP contribution in [0.25, 0.3) is 11.0 Å². The van der Waals surface area contributed by atoms with Crippen molar-refractivity contribution in [1.29, 1.82) is 0 Å². The molecule has 36 heavy (non-hydrogen) atoms. The summed E-state index contributed by atoms with van der Waals surface area (Å²) in [6.45, 7) is 2.70. The van der Waals surface area contributed by atoms with E-state index >= 15 is 0 Å². The van der Waals surface area contributed by atoms with E-state index in [1.165, 1.54) is 17.7 Å². The molecule has 0 spiro atoms. The molecule has 186 valence electrons. The fraction of sp³-hybridized carbons (Fsp3) is 0.200. The number of hydrogen-bond acceptors (Lipinski definition) is 6. The van der Waals surface area contributed by atoms with E-state index in [4.69, 9.17) is 9.15 Å². The quantitative estimate of drug-likeness (QED) is 0.367. The lowest BCUT2D eigenvalue weighted by atomic mass is 10.1. The number of benzene rings is 2. The molecular formula is C25H24FN5O5. The molecule has 0 aliphatic carbocycles. The van der Waals surface area contributed by atoms with E-state index < -0.39 is 23.8 Å². The number of urea groups is 1. The largest absolute Gasteiger partial charge is 0.497 e. The molecule has 4 aromatic rings. The van der Waals surface area contributed by atoms with Crippen molar-refractivity contribution in [3.8, 4) is 5.75 Å². The average molecular weight is 493 g/mol. The predicted octanol–water partition coefficient (Wildman–Crippen LogP) is 3.45. The Morgan fingerprint density at radius 2 is 1.94 bits per heavy atom. The number of methoxy groups -OCH3 is 1. The van der Waals surface area contributed by atoms with E-state index in [2.05, 4.69) is 20.8 Å². The van der Waals surface area contributed by atoms with Crippen molar-refractivity contribution in [2.24, 2.45) is 0 Å². The summed E-state index contributed by atoms with van der Waals surface area (Å²) >= 11 is 0. The second kappa shape index (κ2) is 10.3. The van der Waals surface area contributed by atoms with Crippen LogP contribution in [0.5, 0.6) is 5.75 Å². The molecule has 10 nitrogen and oxygen atoms in total. The molecule has 1 fully saturated rings. The first kappa shape index (κ1) is 24.5. The minimum atomic E-state index is -0.849. The van der Waals surface area contributed by atoms with Crippen molar-refractivity contribution in [2.75, 3.05) is 14.2 Å². The molecule has 6 rings (SSSR count). The molecule has 3 N–H and O–H groups in total. The van der Waals surface area contributed by atoms with Gasteiger partial charge >= 0.3 is 6.03 Å². The van der Waals surface area contributed by atoms with Crippen molar-refractivity contribution < 1.29 is 27.9 Å². The van der Waals surface area contributed by atoms with Crippen molar-refractivity contribution in [1.82, 2.24) is 25.7 Å². The number of carbonyl (C=O) groups excluding carboxylic acids is 3. The van der Waals surface area contributed by atoms with Gasteiger partial charge in [0.2, 0.25) is 0 Å². The van der Waals surface area contributed by atoms with E-state index in [0.29, 0.717) is 17.5 Å². The van der Waals surface area contributed by atoms with E-state index in [1.807, 2.05) is 25.3 Å². The topological polar surface area (TPSA) is 130 Å². The summed E-state index contributed by atoms with van der Waals surface area (Å²) in [5, 5.41) is 11.6. The third-order valence-electron chi connectivity index (χ3n) is 5.50. The molecule has 0 radical (unpaired) electrons. The van der Waals surface area contributed by atoms with E-state index in [1.54, 1.807) is 43.5 Å². The standard InChI is InChI=1S/C11H7FN2O3.C10H11NO2.C4H6N2/c12-6-2-1-5-3-8(17-7(5)4-6)9-10(15)14-11(16)13-9;1-11-6-7-3-4-8(13-2)5-9(7)10(11)12;1-4-2-5-6-3-4/h1-4,9H,(H2,13,14,15,16);3-5H,6H2,1-2H3;2-3H,1H3,(H,5,6). The number of halogens is 1. The summed E-state index contributed by atoms with van der Waals surface area (Å²) in [5.74, 6) is 0.207. The number of ether oxygens (including phenoxy) is 1. The number of aromatic nitrogens is 2. The van der Waals surface area contributed by atoms with Gasteiger partial charge in [0.25, 0.3) is 11.8 Å². The lowest BCUT2D eigenvalue weighted by Gasteiger charge is -2.04. The molecule has 4 heterocycles. The smallest absolute Gasteiger partial charge is 0.322 e. The Balaban J connectivity index is 0.000000141. The van der Waals surface area contributed by atoms with E-state index in [0.717, 1.165) is 16.9 Å². The molecular weight excluding hydrogens is 469 g/mol. The number of hydrogen-bond donors (Lipinski definition) is 3. The highest BCUT2D eigenvalue weighted by Crippen LogP contribution is 2.26. The van der Waals surface area contributed by atoms with Crippen LogP contribution in [-0.2, 0) is 11.3 Å². The van der Waals surface area contributed by atoms with Crippen molar-refractivity contribution in [2.45, 2.75) is 19.5 Å². The Kier molecular flexibility index (Phi) is 7.00. The van der Waals surface area contributed by atoms with Gasteiger partial charge in [0, 0.05) is 36.8 Å². The van der Waals surface area contributed by atoms with Gasteiger partial charge in [-0.2, -0.15) is 5.10 Å². The normalized spacial score (nSPS) is 15.9. The molecule has 2 aromatic carbocycles. The van der Waals surface area contributed by atoms with Gasteiger partial charge in [-0.3, -0.25) is 20.0 Å². The number of aromatic amines is 1. The fourth-order valence-electron chi connectivity index (χ4n) is 3.65. The van der Waals surface area contributed by atoms with Crippen LogP contribution in [0.3, 0.4) is 0 Å². The van der Waals surface area contributed by atoms with Gasteiger partial charge in [-0.05, 0) is 48.4 Å². The number of carbonyl (C=O) groups is 3. The number of H-pyrrole nitrogens is 1. The van der Waals surface area contributed by atoms with Crippen LogP contribution in [0.4, 0.5) is 9.18 Å². The molecule has 11 heteroatoms. The number of rotatable bonds is 2. The van der Waals surface area contributed by atoms with Crippen LogP contribution in [0.15, 0.2) is 59.3 Å². The molecule has 1 saturated heterocycles. The summed E-state index contributed by atoms with van der Waals surface area (Å²) < 4.78 is 23.3. The highest BCUT2D eigenvalue weighted by Gasteiger charge is 2.33. The van der Waals surface area contributed by atoms with Crippen LogP contribution >= 0.6 is 0 Å². The maximum Gasteiger partial charge on any atom is 0.322 e. The molecule has 2 aliphatic heterocycles. The second-order valence-electron chi connectivity index (χ2n) is 8.19. The van der Waals surface area contributed by atoms with Gasteiger partial charge in [-0.25, -0.2) is 9.18 Å². The minimum absolute atomic E-state index is 0.0777. The van der Waals surface area contributed by atoms with Crippen molar-refractivity contribution in [3.05, 3.63) is 83.1 Å². The minimum Gasteiger partial charge on any atom is -0.497 e. The maximum atomic E-state index is 13.0. The Morgan fingerprint density at radius 1 is 1.14 bits per heavy atom. The highest BCUT2D eigenvalue weighted by molar-refractivity contribution is 6.04. The summed E-state index contributed by atoms with van der Waals surface area (Å²) in [5.41, 5.74) is 3.36. The fourth-order valence-corrected chi connectivity index (χ4v) is 3.65. The number of furan rings is 1. The lowest BCUT2D eigenvalue weighted by molar-refractivity contribution is -0.120. The predicted molar refractivity (Wildman–Crippen MR) is 128 cm³/mol. The van der Waals surface area contributed by atoms with Gasteiger partial charge in [0.15, 0.2) is 6.04 Å². The molecule has 2 aliphatic rings. The Morgan fingerprint density at radius 3 is 2.56 bits per heavy atom. The molecule has 1 atom stereocenters. The highest BCUT2D eigenvalue weighted by atomic mass is 19.1. The monoisotopic (exact) mass is 493 g/mol. The first-order valence-corrected chi connectivity index (χ1v) is 10.9. The summed E-state index contributed by atoms with van der Waals surface area (Å²) in [7, 11) is 3.40. The first-order chi connectivity index (χ1) is 17.2. The van der Waals surface area contributed by atoms with Gasteiger partial charge < -0.3 is 19.4 Å². The zero-order valence-electron chi connectivity index (χ0n) is 19.8. The summed E-state index contributed by atoms with van der Waals surface area (Å²) in [4.78, 5) is 35.6. The first-order valence-electron chi connectivity index (χ1n) is 10.9. The van der Waals surface area contributed by atoms with Crippen LogP contribution in [0.2, 0.25) is 0 Å². The number of imide groups is 1. The zero-order valence-corrected chi connectivity index (χ0v) is 19.8. The van der Waals surface area contributed by atoms with Crippen LogP contribution in [-0.4, -0.2) is 47.1 Å². The average Bonchev–Trinajstić information content (AvgIpc) is 3.63. The molecule has 2 aromatic heterocycles. The van der Waals surface area contributed by atoms with Gasteiger partial charge in [-0.15, -0.1) is 0 Å². The van der Waals surface area contributed by atoms with Crippen molar-refractivity contribution in [3.63, 3.8) is 0 Å². The summed E-state index contributed by atoms with van der Waals surface area (Å²) in [6.07, 6.45) is 3.62. The molecule has 1 unspecified atom stereocenters. The summed E-state index contributed by atoms with van der Waals surface area (Å²) in [6, 6.07) is 9.88. The van der Waals surface area contributed by atoms with E-state index in [9.17, 15) is 18.8 Å². The number of nitrogens with one attached hydrogen (secondary N) is 3. The molecule has 0 saturated carbocycles. The number of amides is 4. The van der Waals surface area contributed by atoms with Crippen LogP contribution in [0, 0.1) is 12.7 Å². The zero-order chi connectivity index (χ0) is 25.8. The number of nitrogens with zero attached hydrogens (tertiary/aromatic N) is 2. The molecule has 0 bridgehead atoms. The second-order valence-corrected chi connectivity index (χ2v) is 8.19. The van der Waals surface area contributed by atoms with Crippen LogP contribution < -0.4 is 15.4 Å². The van der Waals surface area contributed by atoms with Crippen molar-refractivity contribution >= 4 is 28.8 Å². The number of fused-ring (bicyclic) bond motifs is 2.